The molecule has 0 spiro atoms. The number of nitrogens with zero attached hydrogens (tertiary/aromatic N) is 1. The van der Waals surface area contributed by atoms with Crippen LogP contribution in [0.15, 0.2) is 4.09 Å². The van der Waals surface area contributed by atoms with Gasteiger partial charge in [0.2, 0.25) is 0 Å². The molecule has 0 radical (unpaired) electrons. The van der Waals surface area contributed by atoms with E-state index >= 15 is 0 Å². The molecular weight excluding hydrogens is 141 g/mol. The predicted octanol–water partition coefficient (Wildman–Crippen LogP) is 0.933. The van der Waals surface area contributed by atoms with Gasteiger partial charge < -0.3 is 0 Å². The van der Waals surface area contributed by atoms with Gasteiger partial charge in [-0.05, 0) is 0 Å². The monoisotopic (exact) mass is 149 g/mol. The number of hydrogen-bond acceptors (Lipinski definition) is 2. The van der Waals surface area contributed by atoms with Crippen LogP contribution < -0.4 is 0 Å². The van der Waals surface area contributed by atoms with Crippen molar-refractivity contribution in [3.05, 3.63) is 4.91 Å². The van der Waals surface area contributed by atoms with Crippen molar-refractivity contribution in [3.63, 3.8) is 0 Å². The van der Waals surface area contributed by atoms with E-state index in [0.29, 0.717) is 0 Å². The van der Waals surface area contributed by atoms with E-state index in [4.69, 9.17) is 0 Å². The summed E-state index contributed by atoms with van der Waals surface area (Å²) in [4.78, 5) is 9.37. The van der Waals surface area contributed by atoms with Crippen LogP contribution in [0.25, 0.3) is 0 Å². The summed E-state index contributed by atoms with van der Waals surface area (Å²) in [5.41, 5.74) is 0. The summed E-state index contributed by atoms with van der Waals surface area (Å²) in [6.07, 6.45) is 1.12. The first kappa shape index (κ1) is 6.16. The van der Waals surface area contributed by atoms with E-state index in [9.17, 15) is 4.91 Å². The molecule has 2 nitrogen and oxygen atoms in total. The Morgan fingerprint density at radius 3 is 2.67 bits per heavy atom. The van der Waals surface area contributed by atoms with Gasteiger partial charge in [0.15, 0.2) is 0 Å². The van der Waals surface area contributed by atoms with E-state index in [-0.39, 0.29) is 0 Å². The minimum absolute atomic E-state index is 0.410. The first-order chi connectivity index (χ1) is 2.91. The molecule has 0 aliphatic rings. The van der Waals surface area contributed by atoms with E-state index in [1.807, 2.05) is 0 Å². The molecule has 0 aromatic rings. The fourth-order valence-electron chi connectivity index (χ4n) is 0.157. The van der Waals surface area contributed by atoms with Gasteiger partial charge in [-0.25, -0.2) is 0 Å². The molecule has 0 amide bonds. The van der Waals surface area contributed by atoms with Crippen molar-refractivity contribution in [2.75, 3.05) is 0 Å². The normalized spacial score (nSPS) is 10.2. The molecule has 0 fully saturated rings. The standard InChI is InChI=1S/C3H8AsNO/c1-2-3-4-5-6/h4H,2-3H2,1H3. The van der Waals surface area contributed by atoms with Crippen molar-refractivity contribution < 1.29 is 0 Å². The van der Waals surface area contributed by atoms with Crippen molar-refractivity contribution in [3.8, 4) is 0 Å². The van der Waals surface area contributed by atoms with Crippen LogP contribution in [0.1, 0.15) is 13.3 Å². The first-order valence-corrected chi connectivity index (χ1v) is 4.39. The molecule has 0 N–H and O–H groups in total. The molecule has 0 aromatic heterocycles. The SMILES string of the molecule is CCC[AsH]N=O. The molecule has 0 rings (SSSR count). The number of rotatable bonds is 3. The number of hydrogen-bond donors (Lipinski definition) is 0. The molecule has 0 aliphatic heterocycles. The molecule has 0 saturated heterocycles. The average Bonchev–Trinajstić information content (AvgIpc) is 1.61. The predicted molar refractivity (Wildman–Crippen MR) is 28.0 cm³/mol. The van der Waals surface area contributed by atoms with Gasteiger partial charge >= 0.3 is 43.5 Å². The fraction of sp³-hybridized carbons (Fsp3) is 1.00. The van der Waals surface area contributed by atoms with Gasteiger partial charge in [-0.3, -0.25) is 0 Å². The maximum absolute atomic E-state index is 9.37. The van der Waals surface area contributed by atoms with Gasteiger partial charge in [-0.1, -0.05) is 0 Å². The van der Waals surface area contributed by atoms with Gasteiger partial charge in [0.05, 0.1) is 0 Å². The molecule has 0 aromatic carbocycles. The summed E-state index contributed by atoms with van der Waals surface area (Å²) in [5.74, 6) is 0. The molecule has 0 aliphatic carbocycles. The third kappa shape index (κ3) is 4.16. The molecule has 0 bridgehead atoms. The van der Waals surface area contributed by atoms with Gasteiger partial charge in [-0.15, -0.1) is 0 Å². The Morgan fingerprint density at radius 1 is 1.83 bits per heavy atom. The van der Waals surface area contributed by atoms with Crippen LogP contribution in [-0.4, -0.2) is 16.0 Å². The van der Waals surface area contributed by atoms with E-state index < -0.39 is 16.0 Å². The summed E-state index contributed by atoms with van der Waals surface area (Å²) in [5, 5.41) is 1.06. The summed E-state index contributed by atoms with van der Waals surface area (Å²) < 4.78 is 2.80. The summed E-state index contributed by atoms with van der Waals surface area (Å²) in [6.45, 7) is 2.06. The van der Waals surface area contributed by atoms with Crippen molar-refractivity contribution in [1.29, 1.82) is 0 Å². The molecule has 1 unspecified atom stereocenters. The first-order valence-electron chi connectivity index (χ1n) is 1.97. The molecule has 6 heavy (non-hydrogen) atoms. The van der Waals surface area contributed by atoms with Gasteiger partial charge in [0.1, 0.15) is 0 Å². The zero-order chi connectivity index (χ0) is 4.83. The van der Waals surface area contributed by atoms with Crippen LogP contribution in [0.5, 0.6) is 0 Å². The average molecular weight is 149 g/mol. The summed E-state index contributed by atoms with van der Waals surface area (Å²) >= 11 is -0.410. The van der Waals surface area contributed by atoms with Crippen LogP contribution in [0.4, 0.5) is 0 Å². The van der Waals surface area contributed by atoms with Crippen LogP contribution in [0, 0.1) is 4.91 Å². The number of nitroso groups, excluding NO2 is 1. The second kappa shape index (κ2) is 5.16. The molecule has 0 heterocycles. The topological polar surface area (TPSA) is 29.4 Å². The van der Waals surface area contributed by atoms with Gasteiger partial charge in [-0.2, -0.15) is 0 Å². The van der Waals surface area contributed by atoms with Crippen molar-refractivity contribution in [2.45, 2.75) is 18.6 Å². The third-order valence-corrected chi connectivity index (χ3v) is 2.22. The summed E-state index contributed by atoms with van der Waals surface area (Å²) in [6, 6.07) is 0. The van der Waals surface area contributed by atoms with Crippen molar-refractivity contribution >= 4 is 16.0 Å². The Morgan fingerprint density at radius 2 is 2.50 bits per heavy atom. The molecule has 1 atom stereocenters. The third-order valence-electron chi connectivity index (χ3n) is 0.426. The van der Waals surface area contributed by atoms with Crippen LogP contribution in [0.2, 0.25) is 5.21 Å². The van der Waals surface area contributed by atoms with Crippen LogP contribution >= 0.6 is 0 Å². The Hall–Kier alpha value is 0.158. The van der Waals surface area contributed by atoms with E-state index in [2.05, 4.69) is 11.0 Å². The minimum atomic E-state index is -0.410. The van der Waals surface area contributed by atoms with E-state index in [1.165, 1.54) is 0 Å². The van der Waals surface area contributed by atoms with Gasteiger partial charge in [0.25, 0.3) is 0 Å². The molecule has 0 saturated carbocycles. The van der Waals surface area contributed by atoms with Crippen LogP contribution in [-0.2, 0) is 0 Å². The van der Waals surface area contributed by atoms with Crippen molar-refractivity contribution in [2.24, 2.45) is 4.09 Å². The van der Waals surface area contributed by atoms with E-state index in [1.54, 1.807) is 0 Å². The zero-order valence-corrected chi connectivity index (χ0v) is 5.87. The second-order valence-electron chi connectivity index (χ2n) is 0.999. The Bertz CT molecular complexity index is 39.8. The zero-order valence-electron chi connectivity index (χ0n) is 3.77. The maximum atomic E-state index is 9.37. The molecular formula is C3H8AsNO. The Balaban J connectivity index is 2.49. The fourth-order valence-corrected chi connectivity index (χ4v) is 0.818. The van der Waals surface area contributed by atoms with Crippen LogP contribution in [0.3, 0.4) is 0 Å². The Kier molecular flexibility index (Phi) is 5.29. The van der Waals surface area contributed by atoms with Crippen molar-refractivity contribution in [1.82, 2.24) is 0 Å². The Labute approximate surface area is 44.2 Å². The quantitative estimate of drug-likeness (QED) is 0.333. The molecule has 36 valence electrons. The molecule has 3 heteroatoms. The summed E-state index contributed by atoms with van der Waals surface area (Å²) in [7, 11) is 0. The van der Waals surface area contributed by atoms with E-state index in [0.717, 1.165) is 11.6 Å². The second-order valence-corrected chi connectivity index (χ2v) is 3.09. The van der Waals surface area contributed by atoms with Gasteiger partial charge in [0, 0.05) is 0 Å².